The van der Waals surface area contributed by atoms with Gasteiger partial charge in [0.25, 0.3) is 0 Å². The van der Waals surface area contributed by atoms with Crippen molar-refractivity contribution in [3.05, 3.63) is 29.8 Å². The molecule has 0 heterocycles. The van der Waals surface area contributed by atoms with E-state index >= 15 is 0 Å². The van der Waals surface area contributed by atoms with Crippen molar-refractivity contribution in [1.29, 1.82) is 0 Å². The standard InChI is InChI=1S/C14H21NO2/c1-16-12-7-4-3-6-11(12)10-13(15)14(17-2)8-5-9-14/h3-4,6-7,13H,5,8-10,15H2,1-2H3. The number of ether oxygens (including phenoxy) is 2. The molecule has 1 saturated carbocycles. The van der Waals surface area contributed by atoms with Crippen molar-refractivity contribution >= 4 is 0 Å². The van der Waals surface area contributed by atoms with E-state index in [2.05, 4.69) is 6.07 Å². The van der Waals surface area contributed by atoms with Crippen LogP contribution in [0.2, 0.25) is 0 Å². The number of benzene rings is 1. The van der Waals surface area contributed by atoms with E-state index in [-0.39, 0.29) is 11.6 Å². The molecular weight excluding hydrogens is 214 g/mol. The van der Waals surface area contributed by atoms with Gasteiger partial charge in [-0.2, -0.15) is 0 Å². The van der Waals surface area contributed by atoms with Crippen molar-refractivity contribution in [3.63, 3.8) is 0 Å². The third kappa shape index (κ3) is 2.31. The number of nitrogens with two attached hydrogens (primary N) is 1. The summed E-state index contributed by atoms with van der Waals surface area (Å²) in [5, 5.41) is 0. The maximum Gasteiger partial charge on any atom is 0.122 e. The molecule has 0 radical (unpaired) electrons. The molecule has 17 heavy (non-hydrogen) atoms. The molecule has 0 aliphatic heterocycles. The van der Waals surface area contributed by atoms with E-state index in [1.807, 2.05) is 18.2 Å². The monoisotopic (exact) mass is 235 g/mol. The van der Waals surface area contributed by atoms with Crippen molar-refractivity contribution in [1.82, 2.24) is 0 Å². The summed E-state index contributed by atoms with van der Waals surface area (Å²) < 4.78 is 11.0. The molecule has 94 valence electrons. The third-order valence-corrected chi connectivity index (χ3v) is 3.91. The predicted octanol–water partition coefficient (Wildman–Crippen LogP) is 2.13. The fourth-order valence-electron chi connectivity index (χ4n) is 2.55. The Bertz CT molecular complexity index is 369. The second-order valence-corrected chi connectivity index (χ2v) is 4.74. The molecule has 1 aliphatic rings. The average molecular weight is 235 g/mol. The van der Waals surface area contributed by atoms with E-state index in [4.69, 9.17) is 15.2 Å². The van der Waals surface area contributed by atoms with Crippen molar-refractivity contribution in [2.75, 3.05) is 14.2 Å². The SMILES string of the molecule is COc1ccccc1CC(N)C1(OC)CCC1. The van der Waals surface area contributed by atoms with Crippen LogP contribution in [-0.4, -0.2) is 25.9 Å². The molecule has 1 aromatic rings. The van der Waals surface area contributed by atoms with Crippen molar-refractivity contribution in [3.8, 4) is 5.75 Å². The van der Waals surface area contributed by atoms with Crippen LogP contribution in [0.5, 0.6) is 5.75 Å². The number of hydrogen-bond donors (Lipinski definition) is 1. The summed E-state index contributed by atoms with van der Waals surface area (Å²) in [4.78, 5) is 0. The summed E-state index contributed by atoms with van der Waals surface area (Å²) in [6, 6.07) is 8.08. The van der Waals surface area contributed by atoms with E-state index in [0.29, 0.717) is 0 Å². The topological polar surface area (TPSA) is 44.5 Å². The molecule has 1 atom stereocenters. The first-order chi connectivity index (χ1) is 8.22. The Labute approximate surface area is 103 Å². The minimum Gasteiger partial charge on any atom is -0.496 e. The Morgan fingerprint density at radius 3 is 2.53 bits per heavy atom. The lowest BCUT2D eigenvalue weighted by atomic mass is 9.73. The van der Waals surface area contributed by atoms with E-state index in [0.717, 1.165) is 30.6 Å². The number of hydrogen-bond acceptors (Lipinski definition) is 3. The van der Waals surface area contributed by atoms with Crippen LogP contribution in [0.4, 0.5) is 0 Å². The van der Waals surface area contributed by atoms with E-state index in [1.54, 1.807) is 14.2 Å². The zero-order chi connectivity index (χ0) is 12.3. The Morgan fingerprint density at radius 2 is 2.00 bits per heavy atom. The molecule has 3 heteroatoms. The number of para-hydroxylation sites is 1. The zero-order valence-electron chi connectivity index (χ0n) is 10.6. The van der Waals surface area contributed by atoms with Gasteiger partial charge in [-0.05, 0) is 37.3 Å². The van der Waals surface area contributed by atoms with Crippen LogP contribution in [0.15, 0.2) is 24.3 Å². The lowest BCUT2D eigenvalue weighted by Gasteiger charge is -2.45. The Morgan fingerprint density at radius 1 is 1.29 bits per heavy atom. The average Bonchev–Trinajstić information content (AvgIpc) is 2.29. The Balaban J connectivity index is 2.09. The lowest BCUT2D eigenvalue weighted by Crippen LogP contribution is -2.55. The predicted molar refractivity (Wildman–Crippen MR) is 68.3 cm³/mol. The van der Waals surface area contributed by atoms with Gasteiger partial charge in [-0.15, -0.1) is 0 Å². The van der Waals surface area contributed by atoms with Crippen LogP contribution in [0.25, 0.3) is 0 Å². The minimum absolute atomic E-state index is 0.0394. The molecule has 0 amide bonds. The molecule has 0 aromatic heterocycles. The third-order valence-electron chi connectivity index (χ3n) is 3.91. The molecule has 1 fully saturated rings. The van der Waals surface area contributed by atoms with E-state index < -0.39 is 0 Å². The van der Waals surface area contributed by atoms with Gasteiger partial charge in [0.15, 0.2) is 0 Å². The smallest absolute Gasteiger partial charge is 0.122 e. The second kappa shape index (κ2) is 5.07. The first kappa shape index (κ1) is 12.4. The fourth-order valence-corrected chi connectivity index (χ4v) is 2.55. The molecule has 0 spiro atoms. The molecular formula is C14H21NO2. The second-order valence-electron chi connectivity index (χ2n) is 4.74. The largest absolute Gasteiger partial charge is 0.496 e. The van der Waals surface area contributed by atoms with Gasteiger partial charge in [0.1, 0.15) is 5.75 Å². The maximum absolute atomic E-state index is 6.30. The van der Waals surface area contributed by atoms with Crippen molar-refractivity contribution in [2.45, 2.75) is 37.3 Å². The molecule has 1 aliphatic carbocycles. The summed E-state index contributed by atoms with van der Waals surface area (Å²) in [6.45, 7) is 0. The summed E-state index contributed by atoms with van der Waals surface area (Å²) in [7, 11) is 3.46. The van der Waals surface area contributed by atoms with E-state index in [9.17, 15) is 0 Å². The molecule has 0 bridgehead atoms. The highest BCUT2D eigenvalue weighted by molar-refractivity contribution is 5.34. The van der Waals surface area contributed by atoms with Crippen LogP contribution >= 0.6 is 0 Å². The summed E-state index contributed by atoms with van der Waals surface area (Å²) in [6.07, 6.45) is 4.16. The first-order valence-electron chi connectivity index (χ1n) is 6.14. The van der Waals surface area contributed by atoms with Gasteiger partial charge in [0.05, 0.1) is 12.7 Å². The molecule has 1 aromatic carbocycles. The van der Waals surface area contributed by atoms with Gasteiger partial charge >= 0.3 is 0 Å². The van der Waals surface area contributed by atoms with Gasteiger partial charge < -0.3 is 15.2 Å². The maximum atomic E-state index is 6.30. The highest BCUT2D eigenvalue weighted by Gasteiger charge is 2.42. The highest BCUT2D eigenvalue weighted by atomic mass is 16.5. The quantitative estimate of drug-likeness (QED) is 0.850. The van der Waals surface area contributed by atoms with Crippen LogP contribution in [0.1, 0.15) is 24.8 Å². The zero-order valence-corrected chi connectivity index (χ0v) is 10.6. The first-order valence-corrected chi connectivity index (χ1v) is 6.14. The molecule has 3 nitrogen and oxygen atoms in total. The highest BCUT2D eigenvalue weighted by Crippen LogP contribution is 2.38. The summed E-state index contributed by atoms with van der Waals surface area (Å²) in [5.74, 6) is 0.911. The molecule has 1 unspecified atom stereocenters. The van der Waals surface area contributed by atoms with Crippen molar-refractivity contribution < 1.29 is 9.47 Å². The van der Waals surface area contributed by atoms with E-state index in [1.165, 1.54) is 6.42 Å². The lowest BCUT2D eigenvalue weighted by molar-refractivity contribution is -0.0897. The van der Waals surface area contributed by atoms with Gasteiger partial charge in [0, 0.05) is 13.2 Å². The number of methoxy groups -OCH3 is 2. The summed E-state index contributed by atoms with van der Waals surface area (Å²) in [5.41, 5.74) is 7.35. The Hall–Kier alpha value is -1.06. The number of rotatable bonds is 5. The Kier molecular flexibility index (Phi) is 3.69. The van der Waals surface area contributed by atoms with Crippen molar-refractivity contribution in [2.24, 2.45) is 5.73 Å². The van der Waals surface area contributed by atoms with Gasteiger partial charge in [-0.1, -0.05) is 18.2 Å². The summed E-state index contributed by atoms with van der Waals surface area (Å²) >= 11 is 0. The van der Waals surface area contributed by atoms with Gasteiger partial charge in [-0.25, -0.2) is 0 Å². The fraction of sp³-hybridized carbons (Fsp3) is 0.571. The van der Waals surface area contributed by atoms with Crippen LogP contribution in [0, 0.1) is 0 Å². The van der Waals surface area contributed by atoms with Gasteiger partial charge in [0.2, 0.25) is 0 Å². The van der Waals surface area contributed by atoms with Crippen LogP contribution in [-0.2, 0) is 11.2 Å². The normalized spacial score (nSPS) is 19.5. The molecule has 2 N–H and O–H groups in total. The molecule has 0 saturated heterocycles. The van der Waals surface area contributed by atoms with Crippen LogP contribution in [0.3, 0.4) is 0 Å². The van der Waals surface area contributed by atoms with Gasteiger partial charge in [-0.3, -0.25) is 0 Å². The molecule has 2 rings (SSSR count). The minimum atomic E-state index is -0.110. The van der Waals surface area contributed by atoms with Crippen LogP contribution < -0.4 is 10.5 Å².